The van der Waals surface area contributed by atoms with E-state index in [0.717, 1.165) is 21.9 Å². The van der Waals surface area contributed by atoms with Gasteiger partial charge in [-0.15, -0.1) is 0 Å². The molecule has 0 fully saturated rings. The first-order valence-corrected chi connectivity index (χ1v) is 9.34. The van der Waals surface area contributed by atoms with Crippen LogP contribution in [0.4, 0.5) is 0 Å². The molecule has 4 rings (SSSR count). The van der Waals surface area contributed by atoms with E-state index >= 15 is 0 Å². The number of fused-ring (bicyclic) bond motifs is 1. The molecule has 0 aliphatic heterocycles. The molecule has 1 aromatic heterocycles. The number of carbonyl (C=O) groups excluding carboxylic acids is 1. The zero-order chi connectivity index (χ0) is 19.5. The van der Waals surface area contributed by atoms with E-state index in [9.17, 15) is 4.79 Å². The van der Waals surface area contributed by atoms with Crippen molar-refractivity contribution >= 4 is 28.3 Å². The van der Waals surface area contributed by atoms with Crippen molar-refractivity contribution in [2.75, 3.05) is 7.11 Å². The Hall–Kier alpha value is -3.11. The molecule has 0 aliphatic rings. The van der Waals surface area contributed by atoms with E-state index in [1.807, 2.05) is 54.6 Å². The Labute approximate surface area is 167 Å². The molecule has 0 amide bonds. The van der Waals surface area contributed by atoms with Gasteiger partial charge >= 0.3 is 5.97 Å². The van der Waals surface area contributed by atoms with Gasteiger partial charge in [-0.25, -0.2) is 4.98 Å². The van der Waals surface area contributed by atoms with Gasteiger partial charge in [0.25, 0.3) is 0 Å². The van der Waals surface area contributed by atoms with Crippen molar-refractivity contribution < 1.29 is 13.9 Å². The predicted molar refractivity (Wildman–Crippen MR) is 110 cm³/mol. The smallest absolute Gasteiger partial charge is 0.305 e. The van der Waals surface area contributed by atoms with Gasteiger partial charge in [0.1, 0.15) is 11.5 Å². The van der Waals surface area contributed by atoms with Crippen LogP contribution in [0.25, 0.3) is 33.5 Å². The van der Waals surface area contributed by atoms with Crippen LogP contribution < -0.4 is 0 Å². The molecule has 0 saturated carbocycles. The fourth-order valence-corrected chi connectivity index (χ4v) is 3.33. The standard InChI is InChI=1S/C23H18ClNO3/c1-27-21(26)14-13-20-22(16-9-11-17(24)12-10-16)25-23(28-20)19-8-4-6-15-5-2-3-7-18(15)19/h2-12H,13-14H2,1H3. The highest BCUT2D eigenvalue weighted by Crippen LogP contribution is 2.34. The SMILES string of the molecule is COC(=O)CCc1oc(-c2cccc3ccccc23)nc1-c1ccc(Cl)cc1. The molecular formula is C23H18ClNO3. The first-order valence-electron chi connectivity index (χ1n) is 8.96. The molecule has 0 unspecified atom stereocenters. The Morgan fingerprint density at radius 1 is 1.04 bits per heavy atom. The first-order chi connectivity index (χ1) is 13.7. The lowest BCUT2D eigenvalue weighted by atomic mass is 10.0. The molecule has 0 spiro atoms. The molecule has 140 valence electrons. The number of halogens is 1. The molecule has 0 atom stereocenters. The Morgan fingerprint density at radius 2 is 1.79 bits per heavy atom. The van der Waals surface area contributed by atoms with Crippen LogP contribution in [-0.2, 0) is 16.0 Å². The number of methoxy groups -OCH3 is 1. The molecule has 1 heterocycles. The van der Waals surface area contributed by atoms with Crippen LogP contribution in [-0.4, -0.2) is 18.1 Å². The van der Waals surface area contributed by atoms with Gasteiger partial charge in [0, 0.05) is 22.6 Å². The van der Waals surface area contributed by atoms with Gasteiger partial charge in [-0.1, -0.05) is 60.1 Å². The van der Waals surface area contributed by atoms with Crippen molar-refractivity contribution in [1.82, 2.24) is 4.98 Å². The van der Waals surface area contributed by atoms with Crippen LogP contribution in [0.1, 0.15) is 12.2 Å². The molecule has 3 aromatic carbocycles. The van der Waals surface area contributed by atoms with Gasteiger partial charge < -0.3 is 9.15 Å². The maximum atomic E-state index is 11.6. The lowest BCUT2D eigenvalue weighted by Gasteiger charge is -2.02. The van der Waals surface area contributed by atoms with Crippen LogP contribution >= 0.6 is 11.6 Å². The van der Waals surface area contributed by atoms with Gasteiger partial charge in [0.15, 0.2) is 0 Å². The number of hydrogen-bond donors (Lipinski definition) is 0. The molecule has 4 aromatic rings. The summed E-state index contributed by atoms with van der Waals surface area (Å²) in [4.78, 5) is 16.4. The largest absolute Gasteiger partial charge is 0.469 e. The van der Waals surface area contributed by atoms with Crippen LogP contribution in [0.15, 0.2) is 71.1 Å². The maximum absolute atomic E-state index is 11.6. The summed E-state index contributed by atoms with van der Waals surface area (Å²) in [6.07, 6.45) is 0.629. The van der Waals surface area contributed by atoms with Gasteiger partial charge in [0.2, 0.25) is 5.89 Å². The fraction of sp³-hybridized carbons (Fsp3) is 0.130. The van der Waals surface area contributed by atoms with Crippen LogP contribution in [0, 0.1) is 0 Å². The Bertz CT molecular complexity index is 1130. The summed E-state index contributed by atoms with van der Waals surface area (Å²) in [7, 11) is 1.38. The summed E-state index contributed by atoms with van der Waals surface area (Å²) in [5.74, 6) is 0.891. The molecule has 0 aliphatic carbocycles. The number of ether oxygens (including phenoxy) is 1. The topological polar surface area (TPSA) is 52.3 Å². The second-order valence-corrected chi connectivity index (χ2v) is 6.84. The number of aryl methyl sites for hydroxylation is 1. The summed E-state index contributed by atoms with van der Waals surface area (Å²) < 4.78 is 10.9. The maximum Gasteiger partial charge on any atom is 0.305 e. The van der Waals surface area contributed by atoms with Crippen molar-refractivity contribution in [3.63, 3.8) is 0 Å². The lowest BCUT2D eigenvalue weighted by molar-refractivity contribution is -0.140. The number of carbonyl (C=O) groups is 1. The Balaban J connectivity index is 1.82. The Morgan fingerprint density at radius 3 is 2.57 bits per heavy atom. The number of nitrogens with zero attached hydrogens (tertiary/aromatic N) is 1. The van der Waals surface area contributed by atoms with Gasteiger partial charge in [-0.2, -0.15) is 0 Å². The molecule has 0 bridgehead atoms. The van der Waals surface area contributed by atoms with Gasteiger partial charge in [-0.3, -0.25) is 4.79 Å². The highest BCUT2D eigenvalue weighted by atomic mass is 35.5. The van der Waals surface area contributed by atoms with E-state index in [4.69, 9.17) is 25.7 Å². The lowest BCUT2D eigenvalue weighted by Crippen LogP contribution is -2.02. The Kier molecular flexibility index (Phi) is 5.13. The van der Waals surface area contributed by atoms with Crippen molar-refractivity contribution in [3.05, 3.63) is 77.5 Å². The van der Waals surface area contributed by atoms with Crippen molar-refractivity contribution in [2.24, 2.45) is 0 Å². The molecule has 5 heteroatoms. The second kappa shape index (κ2) is 7.87. The molecule has 28 heavy (non-hydrogen) atoms. The minimum Gasteiger partial charge on any atom is -0.469 e. The van der Waals surface area contributed by atoms with Crippen molar-refractivity contribution in [2.45, 2.75) is 12.8 Å². The minimum absolute atomic E-state index is 0.223. The highest BCUT2D eigenvalue weighted by molar-refractivity contribution is 6.30. The van der Waals surface area contributed by atoms with E-state index < -0.39 is 0 Å². The zero-order valence-electron chi connectivity index (χ0n) is 15.3. The van der Waals surface area contributed by atoms with Crippen LogP contribution in [0.3, 0.4) is 0 Å². The number of esters is 1. The molecule has 0 saturated heterocycles. The summed E-state index contributed by atoms with van der Waals surface area (Å²) in [5.41, 5.74) is 2.51. The summed E-state index contributed by atoms with van der Waals surface area (Å²) in [6, 6.07) is 21.5. The van der Waals surface area contributed by atoms with Crippen molar-refractivity contribution in [3.8, 4) is 22.7 Å². The summed E-state index contributed by atoms with van der Waals surface area (Å²) in [6.45, 7) is 0. The predicted octanol–water partition coefficient (Wildman–Crippen LogP) is 5.92. The summed E-state index contributed by atoms with van der Waals surface area (Å²) in [5, 5.41) is 2.83. The fourth-order valence-electron chi connectivity index (χ4n) is 3.20. The number of hydrogen-bond acceptors (Lipinski definition) is 4. The average molecular weight is 392 g/mol. The second-order valence-electron chi connectivity index (χ2n) is 6.40. The molecule has 0 N–H and O–H groups in total. The normalized spacial score (nSPS) is 10.9. The van der Waals surface area contributed by atoms with Crippen LogP contribution in [0.5, 0.6) is 0 Å². The van der Waals surface area contributed by atoms with Gasteiger partial charge in [-0.05, 0) is 29.0 Å². The van der Waals surface area contributed by atoms with Crippen LogP contribution in [0.2, 0.25) is 5.02 Å². The molecular weight excluding hydrogens is 374 g/mol. The van der Waals surface area contributed by atoms with E-state index in [0.29, 0.717) is 28.8 Å². The third kappa shape index (κ3) is 3.64. The third-order valence-corrected chi connectivity index (χ3v) is 4.87. The molecule has 0 radical (unpaired) electrons. The number of aromatic nitrogens is 1. The van der Waals surface area contributed by atoms with E-state index in [2.05, 4.69) is 12.1 Å². The van der Waals surface area contributed by atoms with E-state index in [-0.39, 0.29) is 12.4 Å². The highest BCUT2D eigenvalue weighted by Gasteiger charge is 2.19. The monoisotopic (exact) mass is 391 g/mol. The van der Waals surface area contributed by atoms with E-state index in [1.54, 1.807) is 0 Å². The zero-order valence-corrected chi connectivity index (χ0v) is 16.1. The molecule has 4 nitrogen and oxygen atoms in total. The number of benzene rings is 3. The first kappa shape index (κ1) is 18.3. The number of rotatable bonds is 5. The quantitative estimate of drug-likeness (QED) is 0.396. The number of oxazole rings is 1. The average Bonchev–Trinajstić information content (AvgIpc) is 3.16. The minimum atomic E-state index is -0.287. The van der Waals surface area contributed by atoms with E-state index in [1.165, 1.54) is 7.11 Å². The van der Waals surface area contributed by atoms with Crippen molar-refractivity contribution in [1.29, 1.82) is 0 Å². The summed E-state index contributed by atoms with van der Waals surface area (Å²) >= 11 is 6.02. The third-order valence-electron chi connectivity index (χ3n) is 4.62. The van der Waals surface area contributed by atoms with Gasteiger partial charge in [0.05, 0.1) is 13.5 Å².